The van der Waals surface area contributed by atoms with Gasteiger partial charge in [0.05, 0.1) is 6.61 Å². The number of nitrogens with zero attached hydrogens (tertiary/aromatic N) is 1. The fourth-order valence-electron chi connectivity index (χ4n) is 2.91. The highest BCUT2D eigenvalue weighted by Crippen LogP contribution is 2.24. The van der Waals surface area contributed by atoms with Gasteiger partial charge in [0.15, 0.2) is 0 Å². The zero-order valence-electron chi connectivity index (χ0n) is 13.0. The fraction of sp³-hybridized carbons (Fsp3) is 0.529. The number of carbonyl (C=O) groups excluding carboxylic acids is 1. The molecular formula is C17H23NO4. The fourth-order valence-corrected chi connectivity index (χ4v) is 2.91. The lowest BCUT2D eigenvalue weighted by Gasteiger charge is -2.35. The van der Waals surface area contributed by atoms with Gasteiger partial charge in [-0.05, 0) is 50.8 Å². The highest BCUT2D eigenvalue weighted by atomic mass is 16.5. The highest BCUT2D eigenvalue weighted by molar-refractivity contribution is 5.95. The average Bonchev–Trinajstić information content (AvgIpc) is 2.53. The molecule has 1 fully saturated rings. The molecule has 1 amide bonds. The molecule has 0 unspecified atom stereocenters. The van der Waals surface area contributed by atoms with Crippen LogP contribution in [-0.2, 0) is 4.79 Å². The molecule has 120 valence electrons. The molecule has 1 aromatic rings. The van der Waals surface area contributed by atoms with Crippen molar-refractivity contribution in [2.45, 2.75) is 45.1 Å². The summed E-state index contributed by atoms with van der Waals surface area (Å²) in [5.74, 6) is -0.152. The summed E-state index contributed by atoms with van der Waals surface area (Å²) in [4.78, 5) is 25.4. The van der Waals surface area contributed by atoms with E-state index in [0.29, 0.717) is 30.9 Å². The van der Waals surface area contributed by atoms with Crippen LogP contribution in [0.3, 0.4) is 0 Å². The third-order valence-corrected chi connectivity index (χ3v) is 3.97. The van der Waals surface area contributed by atoms with Gasteiger partial charge in [0, 0.05) is 24.6 Å². The van der Waals surface area contributed by atoms with Crippen molar-refractivity contribution in [1.29, 1.82) is 0 Å². The Labute approximate surface area is 130 Å². The molecule has 1 saturated heterocycles. The second-order valence-corrected chi connectivity index (χ2v) is 5.54. The number of carboxylic acids is 1. The molecule has 1 atom stereocenters. The standard InChI is InChI=1S/C17H23NO4/c1-2-22-15-8-5-6-13(12-15)17(21)18-11-4-3-7-14(18)9-10-16(19)20/h5-6,8,12,14H,2-4,7,9-11H2,1H3,(H,19,20)/t14-/m1/s1. The van der Waals surface area contributed by atoms with Crippen LogP contribution in [0.5, 0.6) is 5.75 Å². The van der Waals surface area contributed by atoms with Crippen LogP contribution in [0.2, 0.25) is 0 Å². The smallest absolute Gasteiger partial charge is 0.303 e. The highest BCUT2D eigenvalue weighted by Gasteiger charge is 2.27. The number of hydrogen-bond acceptors (Lipinski definition) is 3. The molecule has 5 nitrogen and oxygen atoms in total. The molecule has 0 aromatic heterocycles. The van der Waals surface area contributed by atoms with E-state index >= 15 is 0 Å². The van der Waals surface area contributed by atoms with Gasteiger partial charge in [0.25, 0.3) is 5.91 Å². The summed E-state index contributed by atoms with van der Waals surface area (Å²) in [7, 11) is 0. The Morgan fingerprint density at radius 2 is 2.18 bits per heavy atom. The van der Waals surface area contributed by atoms with E-state index in [1.54, 1.807) is 12.1 Å². The van der Waals surface area contributed by atoms with Crippen molar-refractivity contribution < 1.29 is 19.4 Å². The molecule has 1 aliphatic heterocycles. The van der Waals surface area contributed by atoms with E-state index in [9.17, 15) is 9.59 Å². The van der Waals surface area contributed by atoms with Gasteiger partial charge in [-0.25, -0.2) is 0 Å². The first-order valence-corrected chi connectivity index (χ1v) is 7.87. The molecular weight excluding hydrogens is 282 g/mol. The maximum atomic E-state index is 12.7. The summed E-state index contributed by atoms with van der Waals surface area (Å²) >= 11 is 0. The lowest BCUT2D eigenvalue weighted by atomic mass is 9.97. The number of rotatable bonds is 6. The Morgan fingerprint density at radius 1 is 1.36 bits per heavy atom. The van der Waals surface area contributed by atoms with Crippen LogP contribution in [0.25, 0.3) is 0 Å². The molecule has 5 heteroatoms. The summed E-state index contributed by atoms with van der Waals surface area (Å²) in [6.07, 6.45) is 3.53. The van der Waals surface area contributed by atoms with Crippen LogP contribution in [0.15, 0.2) is 24.3 Å². The number of carboxylic acid groups (broad SMARTS) is 1. The van der Waals surface area contributed by atoms with Crippen molar-refractivity contribution in [1.82, 2.24) is 4.90 Å². The average molecular weight is 305 g/mol. The summed E-state index contributed by atoms with van der Waals surface area (Å²) in [6.45, 7) is 3.16. The normalized spacial score (nSPS) is 18.0. The van der Waals surface area contributed by atoms with E-state index in [4.69, 9.17) is 9.84 Å². The molecule has 1 aliphatic rings. The predicted molar refractivity (Wildman–Crippen MR) is 83.2 cm³/mol. The Balaban J connectivity index is 2.10. The van der Waals surface area contributed by atoms with E-state index in [-0.39, 0.29) is 18.4 Å². The number of benzene rings is 1. The second kappa shape index (κ2) is 7.82. The number of aliphatic carboxylic acids is 1. The monoisotopic (exact) mass is 305 g/mol. The summed E-state index contributed by atoms with van der Waals surface area (Å²) in [5, 5.41) is 8.86. The lowest BCUT2D eigenvalue weighted by Crippen LogP contribution is -2.44. The number of carbonyl (C=O) groups is 2. The van der Waals surface area contributed by atoms with Crippen LogP contribution < -0.4 is 4.74 Å². The lowest BCUT2D eigenvalue weighted by molar-refractivity contribution is -0.137. The molecule has 1 N–H and O–H groups in total. The summed E-state index contributed by atoms with van der Waals surface area (Å²) in [5.41, 5.74) is 0.605. The zero-order valence-corrected chi connectivity index (χ0v) is 13.0. The Kier molecular flexibility index (Phi) is 5.81. The van der Waals surface area contributed by atoms with E-state index in [2.05, 4.69) is 0 Å². The van der Waals surface area contributed by atoms with E-state index in [0.717, 1.165) is 19.3 Å². The van der Waals surface area contributed by atoms with Gasteiger partial charge in [-0.2, -0.15) is 0 Å². The van der Waals surface area contributed by atoms with Crippen molar-refractivity contribution in [3.63, 3.8) is 0 Å². The Morgan fingerprint density at radius 3 is 2.91 bits per heavy atom. The first kappa shape index (κ1) is 16.3. The minimum Gasteiger partial charge on any atom is -0.494 e. The van der Waals surface area contributed by atoms with Crippen molar-refractivity contribution in [2.75, 3.05) is 13.2 Å². The number of piperidine rings is 1. The predicted octanol–water partition coefficient (Wildman–Crippen LogP) is 2.94. The Hall–Kier alpha value is -2.04. The van der Waals surface area contributed by atoms with Gasteiger partial charge in [0.2, 0.25) is 0 Å². The largest absolute Gasteiger partial charge is 0.494 e. The maximum Gasteiger partial charge on any atom is 0.303 e. The molecule has 0 bridgehead atoms. The van der Waals surface area contributed by atoms with Gasteiger partial charge in [-0.3, -0.25) is 9.59 Å². The topological polar surface area (TPSA) is 66.8 Å². The van der Waals surface area contributed by atoms with Crippen LogP contribution in [0, 0.1) is 0 Å². The minimum atomic E-state index is -0.809. The van der Waals surface area contributed by atoms with Crippen LogP contribution in [-0.4, -0.2) is 41.1 Å². The van der Waals surface area contributed by atoms with Gasteiger partial charge in [-0.15, -0.1) is 0 Å². The first-order valence-electron chi connectivity index (χ1n) is 7.87. The van der Waals surface area contributed by atoms with Crippen LogP contribution >= 0.6 is 0 Å². The molecule has 2 rings (SSSR count). The first-order chi connectivity index (χ1) is 10.6. The second-order valence-electron chi connectivity index (χ2n) is 5.54. The number of amides is 1. The number of hydrogen-bond donors (Lipinski definition) is 1. The molecule has 0 aliphatic carbocycles. The number of likely N-dealkylation sites (tertiary alicyclic amines) is 1. The summed E-state index contributed by atoms with van der Waals surface area (Å²) in [6, 6.07) is 7.21. The van der Waals surface area contributed by atoms with Crippen molar-refractivity contribution in [3.05, 3.63) is 29.8 Å². The maximum absolute atomic E-state index is 12.7. The van der Waals surface area contributed by atoms with Crippen molar-refractivity contribution in [2.24, 2.45) is 0 Å². The van der Waals surface area contributed by atoms with E-state index in [1.165, 1.54) is 0 Å². The van der Waals surface area contributed by atoms with Gasteiger partial charge in [0.1, 0.15) is 5.75 Å². The van der Waals surface area contributed by atoms with Crippen molar-refractivity contribution in [3.8, 4) is 5.75 Å². The third kappa shape index (κ3) is 4.23. The molecule has 1 aromatic carbocycles. The quantitative estimate of drug-likeness (QED) is 0.877. The van der Waals surface area contributed by atoms with Crippen LogP contribution in [0.1, 0.15) is 49.4 Å². The molecule has 22 heavy (non-hydrogen) atoms. The van der Waals surface area contributed by atoms with Crippen molar-refractivity contribution >= 4 is 11.9 Å². The molecule has 0 saturated carbocycles. The van der Waals surface area contributed by atoms with Gasteiger partial charge >= 0.3 is 5.97 Å². The molecule has 0 radical (unpaired) electrons. The zero-order chi connectivity index (χ0) is 15.9. The molecule has 0 spiro atoms. The van der Waals surface area contributed by atoms with E-state index < -0.39 is 5.97 Å². The summed E-state index contributed by atoms with van der Waals surface area (Å²) < 4.78 is 5.44. The van der Waals surface area contributed by atoms with Gasteiger partial charge < -0.3 is 14.7 Å². The van der Waals surface area contributed by atoms with Gasteiger partial charge in [-0.1, -0.05) is 6.07 Å². The molecule has 1 heterocycles. The SMILES string of the molecule is CCOc1cccc(C(=O)N2CCCC[C@@H]2CCC(=O)O)c1. The minimum absolute atomic E-state index is 0.0214. The third-order valence-electron chi connectivity index (χ3n) is 3.97. The number of ether oxygens (including phenoxy) is 1. The van der Waals surface area contributed by atoms with Crippen LogP contribution in [0.4, 0.5) is 0 Å². The Bertz CT molecular complexity index is 529. The van der Waals surface area contributed by atoms with E-state index in [1.807, 2.05) is 24.0 Å².